The maximum Gasteiger partial charge on any atom is 0.255 e. The van der Waals surface area contributed by atoms with Crippen LogP contribution < -0.4 is 0 Å². The molecule has 0 saturated carbocycles. The summed E-state index contributed by atoms with van der Waals surface area (Å²) in [5.41, 5.74) is 0.447. The first kappa shape index (κ1) is 14.5. The van der Waals surface area contributed by atoms with Crippen molar-refractivity contribution < 1.29 is 9.90 Å². The normalized spacial score (nSPS) is 10.7. The Morgan fingerprint density at radius 2 is 2.18 bits per heavy atom. The molecule has 1 amide bonds. The molecule has 0 fully saturated rings. The highest BCUT2D eigenvalue weighted by Crippen LogP contribution is 2.23. The Morgan fingerprint density at radius 1 is 1.53 bits per heavy atom. The lowest BCUT2D eigenvalue weighted by Gasteiger charge is -2.26. The van der Waals surface area contributed by atoms with Crippen LogP contribution in [0.5, 0.6) is 0 Å². The highest BCUT2D eigenvalue weighted by atomic mass is 79.9. The van der Waals surface area contributed by atoms with Crippen molar-refractivity contribution in [2.24, 2.45) is 0 Å². The molecule has 0 aliphatic rings. The molecular formula is C12H15BrClNO2. The lowest BCUT2D eigenvalue weighted by molar-refractivity contribution is 0.0665. The van der Waals surface area contributed by atoms with Crippen molar-refractivity contribution in [3.8, 4) is 0 Å². The first-order valence-corrected chi connectivity index (χ1v) is 6.51. The smallest absolute Gasteiger partial charge is 0.255 e. The summed E-state index contributed by atoms with van der Waals surface area (Å²) in [6.07, 6.45) is 0. The Bertz CT molecular complexity index is 409. The minimum Gasteiger partial charge on any atom is -0.395 e. The van der Waals surface area contributed by atoms with Gasteiger partial charge in [-0.15, -0.1) is 0 Å². The van der Waals surface area contributed by atoms with Gasteiger partial charge in [0.1, 0.15) is 0 Å². The predicted molar refractivity (Wildman–Crippen MR) is 72.4 cm³/mol. The number of nitrogens with zero attached hydrogens (tertiary/aromatic N) is 1. The van der Waals surface area contributed by atoms with Crippen LogP contribution in [0.4, 0.5) is 0 Å². The van der Waals surface area contributed by atoms with Crippen LogP contribution in [0.3, 0.4) is 0 Å². The molecule has 0 spiro atoms. The summed E-state index contributed by atoms with van der Waals surface area (Å²) < 4.78 is 0.804. The van der Waals surface area contributed by atoms with E-state index in [-0.39, 0.29) is 18.6 Å². The lowest BCUT2D eigenvalue weighted by Crippen LogP contribution is -2.39. The van der Waals surface area contributed by atoms with Crippen LogP contribution in [0.25, 0.3) is 0 Å². The number of halogens is 2. The van der Waals surface area contributed by atoms with Crippen molar-refractivity contribution in [1.29, 1.82) is 0 Å². The van der Waals surface area contributed by atoms with Crippen molar-refractivity contribution in [1.82, 2.24) is 4.90 Å². The lowest BCUT2D eigenvalue weighted by atomic mass is 10.1. The number of hydrogen-bond acceptors (Lipinski definition) is 2. The third-order valence-corrected chi connectivity index (χ3v) is 3.21. The summed E-state index contributed by atoms with van der Waals surface area (Å²) in [5, 5.41) is 9.39. The number of carbonyl (C=O) groups excluding carboxylic acids is 1. The molecule has 0 heterocycles. The molecule has 0 aliphatic heterocycles. The van der Waals surface area contributed by atoms with Crippen LogP contribution in [0, 0.1) is 0 Å². The second-order valence-corrected chi connectivity index (χ2v) is 5.26. The molecule has 1 aromatic rings. The van der Waals surface area contributed by atoms with Crippen molar-refractivity contribution in [3.63, 3.8) is 0 Å². The Hall–Kier alpha value is -0.580. The zero-order chi connectivity index (χ0) is 13.0. The Kier molecular flexibility index (Phi) is 5.43. The summed E-state index contributed by atoms with van der Waals surface area (Å²) in [6.45, 7) is 4.05. The van der Waals surface area contributed by atoms with E-state index in [9.17, 15) is 4.79 Å². The van der Waals surface area contributed by atoms with E-state index < -0.39 is 0 Å². The average molecular weight is 321 g/mol. The highest BCUT2D eigenvalue weighted by molar-refractivity contribution is 9.10. The fourth-order valence-electron chi connectivity index (χ4n) is 1.52. The van der Waals surface area contributed by atoms with Crippen molar-refractivity contribution in [2.75, 3.05) is 13.2 Å². The van der Waals surface area contributed by atoms with Gasteiger partial charge >= 0.3 is 0 Å². The van der Waals surface area contributed by atoms with Crippen molar-refractivity contribution in [2.45, 2.75) is 19.9 Å². The minimum absolute atomic E-state index is 0.0182. The van der Waals surface area contributed by atoms with Crippen LogP contribution in [-0.4, -0.2) is 35.1 Å². The number of aliphatic hydroxyl groups excluding tert-OH is 1. The molecule has 0 aromatic heterocycles. The SMILES string of the molecule is CC(C)N(CCO)C(=O)c1cc(Br)ccc1Cl. The van der Waals surface area contributed by atoms with E-state index in [0.717, 1.165) is 4.47 Å². The molecule has 0 bridgehead atoms. The van der Waals surface area contributed by atoms with Gasteiger partial charge < -0.3 is 10.0 Å². The van der Waals surface area contributed by atoms with Gasteiger partial charge in [0.15, 0.2) is 0 Å². The zero-order valence-electron chi connectivity index (χ0n) is 9.78. The molecule has 0 aliphatic carbocycles. The molecule has 0 atom stereocenters. The van der Waals surface area contributed by atoms with Gasteiger partial charge in [0.25, 0.3) is 5.91 Å². The molecule has 1 N–H and O–H groups in total. The van der Waals surface area contributed by atoms with Gasteiger partial charge in [0.2, 0.25) is 0 Å². The van der Waals surface area contributed by atoms with Crippen LogP contribution in [0.2, 0.25) is 5.02 Å². The van der Waals surface area contributed by atoms with Gasteiger partial charge in [-0.05, 0) is 32.0 Å². The second-order valence-electron chi connectivity index (χ2n) is 3.94. The first-order valence-electron chi connectivity index (χ1n) is 5.34. The Morgan fingerprint density at radius 3 is 2.71 bits per heavy atom. The van der Waals surface area contributed by atoms with Crippen molar-refractivity contribution in [3.05, 3.63) is 33.3 Å². The monoisotopic (exact) mass is 319 g/mol. The van der Waals surface area contributed by atoms with E-state index in [1.807, 2.05) is 13.8 Å². The quantitative estimate of drug-likeness (QED) is 0.926. The topological polar surface area (TPSA) is 40.5 Å². The Balaban J connectivity index is 3.04. The van der Waals surface area contributed by atoms with E-state index >= 15 is 0 Å². The molecule has 1 aromatic carbocycles. The minimum atomic E-state index is -0.166. The van der Waals surface area contributed by atoms with Gasteiger partial charge in [-0.2, -0.15) is 0 Å². The summed E-state index contributed by atoms with van der Waals surface area (Å²) in [5.74, 6) is -0.166. The van der Waals surface area contributed by atoms with Crippen molar-refractivity contribution >= 4 is 33.4 Å². The Labute approximate surface area is 115 Å². The third-order valence-electron chi connectivity index (χ3n) is 2.38. The maximum atomic E-state index is 12.3. The van der Waals surface area contributed by atoms with Crippen LogP contribution in [-0.2, 0) is 0 Å². The maximum absolute atomic E-state index is 12.3. The van der Waals surface area contributed by atoms with E-state index in [1.54, 1.807) is 23.1 Å². The van der Waals surface area contributed by atoms with Crippen LogP contribution in [0.15, 0.2) is 22.7 Å². The number of amides is 1. The molecule has 17 heavy (non-hydrogen) atoms. The molecular weight excluding hydrogens is 305 g/mol. The van der Waals surface area contributed by atoms with Gasteiger partial charge in [-0.1, -0.05) is 27.5 Å². The summed E-state index contributed by atoms with van der Waals surface area (Å²) in [6, 6.07) is 5.17. The predicted octanol–water partition coefficient (Wildman–Crippen LogP) is 2.95. The van der Waals surface area contributed by atoms with E-state index in [0.29, 0.717) is 17.1 Å². The molecule has 5 heteroatoms. The molecule has 94 valence electrons. The standard InChI is InChI=1S/C12H15BrClNO2/c1-8(2)15(5-6-16)12(17)10-7-9(13)3-4-11(10)14/h3-4,7-8,16H,5-6H2,1-2H3. The third kappa shape index (κ3) is 3.69. The number of carbonyl (C=O) groups is 1. The molecule has 3 nitrogen and oxygen atoms in total. The highest BCUT2D eigenvalue weighted by Gasteiger charge is 2.20. The summed E-state index contributed by atoms with van der Waals surface area (Å²) in [7, 11) is 0. The average Bonchev–Trinajstić information content (AvgIpc) is 2.28. The molecule has 0 radical (unpaired) electrons. The molecule has 0 unspecified atom stereocenters. The second kappa shape index (κ2) is 6.38. The summed E-state index contributed by atoms with van der Waals surface area (Å²) in [4.78, 5) is 13.8. The molecule has 0 saturated heterocycles. The fourth-order valence-corrected chi connectivity index (χ4v) is 2.08. The molecule has 1 rings (SSSR count). The fraction of sp³-hybridized carbons (Fsp3) is 0.417. The van der Waals surface area contributed by atoms with E-state index in [4.69, 9.17) is 16.7 Å². The van der Waals surface area contributed by atoms with Gasteiger partial charge in [0, 0.05) is 17.1 Å². The van der Waals surface area contributed by atoms with Crippen LogP contribution in [0.1, 0.15) is 24.2 Å². The van der Waals surface area contributed by atoms with Crippen LogP contribution >= 0.6 is 27.5 Å². The summed E-state index contributed by atoms with van der Waals surface area (Å²) >= 11 is 9.32. The number of hydrogen-bond donors (Lipinski definition) is 1. The number of benzene rings is 1. The van der Waals surface area contributed by atoms with Gasteiger partial charge in [-0.3, -0.25) is 4.79 Å². The number of rotatable bonds is 4. The zero-order valence-corrected chi connectivity index (χ0v) is 12.1. The van der Waals surface area contributed by atoms with E-state index in [1.165, 1.54) is 0 Å². The van der Waals surface area contributed by atoms with Gasteiger partial charge in [0.05, 0.1) is 17.2 Å². The largest absolute Gasteiger partial charge is 0.395 e. The number of aliphatic hydroxyl groups is 1. The van der Waals surface area contributed by atoms with Gasteiger partial charge in [-0.25, -0.2) is 0 Å². The first-order chi connectivity index (χ1) is 7.97. The van der Waals surface area contributed by atoms with E-state index in [2.05, 4.69) is 15.9 Å².